The molecule has 0 spiro atoms. The topological polar surface area (TPSA) is 52.6 Å². The molecule has 0 amide bonds. The van der Waals surface area contributed by atoms with E-state index in [-0.39, 0.29) is 6.04 Å². The Kier molecular flexibility index (Phi) is 5.22. The van der Waals surface area contributed by atoms with Crippen LogP contribution in [0.2, 0.25) is 0 Å². The number of carbonyl (C=O) groups is 1. The van der Waals surface area contributed by atoms with Crippen molar-refractivity contribution in [3.63, 3.8) is 0 Å². The van der Waals surface area contributed by atoms with E-state index >= 15 is 0 Å². The van der Waals surface area contributed by atoms with Crippen LogP contribution in [0.5, 0.6) is 0 Å². The first kappa shape index (κ1) is 14.8. The van der Waals surface area contributed by atoms with E-state index in [0.29, 0.717) is 12.6 Å². The van der Waals surface area contributed by atoms with E-state index in [1.165, 1.54) is 38.5 Å². The van der Waals surface area contributed by atoms with Gasteiger partial charge in [0.2, 0.25) is 0 Å². The van der Waals surface area contributed by atoms with E-state index in [0.717, 1.165) is 12.5 Å². The van der Waals surface area contributed by atoms with Crippen LogP contribution in [0.3, 0.4) is 0 Å². The molecule has 0 radical (unpaired) electrons. The molecule has 1 heterocycles. The standard InChI is InChI=1S/C15H28N2O2/c1-11(2)16-13(15(18)19)10-17-9-5-8-14(17)12-6-3-4-7-12/h11-14,16H,3-10H2,1-2H3,(H,18,19). The molecule has 2 atom stereocenters. The Balaban J connectivity index is 1.93. The van der Waals surface area contributed by atoms with Crippen molar-refractivity contribution >= 4 is 5.97 Å². The highest BCUT2D eigenvalue weighted by Gasteiger charge is 2.35. The van der Waals surface area contributed by atoms with Gasteiger partial charge in [0.05, 0.1) is 0 Å². The second-order valence-corrected chi connectivity index (χ2v) is 6.46. The van der Waals surface area contributed by atoms with Crippen LogP contribution in [0.4, 0.5) is 0 Å². The second kappa shape index (κ2) is 6.71. The predicted octanol–water partition coefficient (Wildman–Crippen LogP) is 2.09. The molecule has 2 rings (SSSR count). The monoisotopic (exact) mass is 268 g/mol. The summed E-state index contributed by atoms with van der Waals surface area (Å²) in [6.45, 7) is 5.75. The van der Waals surface area contributed by atoms with Crippen LogP contribution in [0, 0.1) is 5.92 Å². The van der Waals surface area contributed by atoms with Crippen LogP contribution < -0.4 is 5.32 Å². The van der Waals surface area contributed by atoms with Crippen LogP contribution in [-0.4, -0.2) is 47.2 Å². The molecule has 19 heavy (non-hydrogen) atoms. The van der Waals surface area contributed by atoms with Gasteiger partial charge in [0.25, 0.3) is 0 Å². The molecular weight excluding hydrogens is 240 g/mol. The zero-order valence-electron chi connectivity index (χ0n) is 12.3. The minimum Gasteiger partial charge on any atom is -0.480 e. The third kappa shape index (κ3) is 3.93. The van der Waals surface area contributed by atoms with E-state index in [1.807, 2.05) is 13.8 Å². The van der Waals surface area contributed by atoms with Gasteiger partial charge in [-0.3, -0.25) is 9.69 Å². The summed E-state index contributed by atoms with van der Waals surface area (Å²) >= 11 is 0. The largest absolute Gasteiger partial charge is 0.480 e. The number of hydrogen-bond acceptors (Lipinski definition) is 3. The first-order valence-electron chi connectivity index (χ1n) is 7.81. The number of carboxylic acid groups (broad SMARTS) is 1. The molecule has 110 valence electrons. The zero-order valence-corrected chi connectivity index (χ0v) is 12.3. The molecule has 0 aromatic rings. The number of aliphatic carboxylic acids is 1. The van der Waals surface area contributed by atoms with Gasteiger partial charge in [0.15, 0.2) is 0 Å². The Morgan fingerprint density at radius 3 is 2.53 bits per heavy atom. The molecule has 2 aliphatic rings. The van der Waals surface area contributed by atoms with Crippen molar-refractivity contribution in [2.75, 3.05) is 13.1 Å². The normalized spacial score (nSPS) is 27.2. The summed E-state index contributed by atoms with van der Waals surface area (Å²) in [6, 6.07) is 0.425. The maximum Gasteiger partial charge on any atom is 0.322 e. The maximum atomic E-state index is 11.4. The Labute approximate surface area is 116 Å². The van der Waals surface area contributed by atoms with Crippen molar-refractivity contribution in [3.05, 3.63) is 0 Å². The highest BCUT2D eigenvalue weighted by Crippen LogP contribution is 2.35. The van der Waals surface area contributed by atoms with Gasteiger partial charge in [0.1, 0.15) is 6.04 Å². The Morgan fingerprint density at radius 2 is 1.95 bits per heavy atom. The number of hydrogen-bond donors (Lipinski definition) is 2. The molecule has 0 bridgehead atoms. The van der Waals surface area contributed by atoms with Crippen LogP contribution in [-0.2, 0) is 4.79 Å². The number of nitrogens with zero attached hydrogens (tertiary/aromatic N) is 1. The fraction of sp³-hybridized carbons (Fsp3) is 0.933. The second-order valence-electron chi connectivity index (χ2n) is 6.46. The highest BCUT2D eigenvalue weighted by atomic mass is 16.4. The minimum atomic E-state index is -0.717. The van der Waals surface area contributed by atoms with E-state index < -0.39 is 12.0 Å². The van der Waals surface area contributed by atoms with Crippen LogP contribution >= 0.6 is 0 Å². The highest BCUT2D eigenvalue weighted by molar-refractivity contribution is 5.73. The van der Waals surface area contributed by atoms with E-state index in [1.54, 1.807) is 0 Å². The van der Waals surface area contributed by atoms with Crippen LogP contribution in [0.1, 0.15) is 52.4 Å². The molecule has 0 aromatic carbocycles. The lowest BCUT2D eigenvalue weighted by Crippen LogP contribution is -2.50. The number of rotatable bonds is 6. The molecule has 0 aromatic heterocycles. The molecule has 2 fully saturated rings. The first-order valence-corrected chi connectivity index (χ1v) is 7.81. The van der Waals surface area contributed by atoms with Crippen LogP contribution in [0.15, 0.2) is 0 Å². The number of carboxylic acids is 1. The fourth-order valence-corrected chi connectivity index (χ4v) is 3.79. The summed E-state index contributed by atoms with van der Waals surface area (Å²) in [5.74, 6) is 0.0989. The van der Waals surface area contributed by atoms with Crippen LogP contribution in [0.25, 0.3) is 0 Å². The van der Waals surface area contributed by atoms with Gasteiger partial charge in [-0.1, -0.05) is 26.7 Å². The summed E-state index contributed by atoms with van der Waals surface area (Å²) in [7, 11) is 0. The molecule has 4 heteroatoms. The molecule has 2 unspecified atom stereocenters. The zero-order chi connectivity index (χ0) is 13.8. The molecule has 1 aliphatic heterocycles. The van der Waals surface area contributed by atoms with Gasteiger partial charge >= 0.3 is 5.97 Å². The summed E-state index contributed by atoms with van der Waals surface area (Å²) in [5.41, 5.74) is 0. The predicted molar refractivity (Wildman–Crippen MR) is 76.2 cm³/mol. The van der Waals surface area contributed by atoms with Crippen molar-refractivity contribution < 1.29 is 9.90 Å². The smallest absolute Gasteiger partial charge is 0.322 e. The van der Waals surface area contributed by atoms with Gasteiger partial charge in [-0.15, -0.1) is 0 Å². The third-order valence-electron chi connectivity index (χ3n) is 4.61. The van der Waals surface area contributed by atoms with E-state index in [9.17, 15) is 9.90 Å². The Morgan fingerprint density at radius 1 is 1.26 bits per heavy atom. The Bertz CT molecular complexity index is 301. The molecule has 4 nitrogen and oxygen atoms in total. The van der Waals surface area contributed by atoms with Crippen molar-refractivity contribution in [1.29, 1.82) is 0 Å². The quantitative estimate of drug-likeness (QED) is 0.774. The molecule has 1 saturated heterocycles. The summed E-state index contributed by atoms with van der Waals surface area (Å²) in [6.07, 6.45) is 7.91. The van der Waals surface area contributed by atoms with Crippen molar-refractivity contribution in [2.24, 2.45) is 5.92 Å². The van der Waals surface area contributed by atoms with Crippen molar-refractivity contribution in [1.82, 2.24) is 10.2 Å². The van der Waals surface area contributed by atoms with Crippen molar-refractivity contribution in [3.8, 4) is 0 Å². The third-order valence-corrected chi connectivity index (χ3v) is 4.61. The van der Waals surface area contributed by atoms with Gasteiger partial charge < -0.3 is 10.4 Å². The van der Waals surface area contributed by atoms with Crippen molar-refractivity contribution in [2.45, 2.75) is 70.5 Å². The van der Waals surface area contributed by atoms with Gasteiger partial charge in [-0.05, 0) is 38.1 Å². The summed E-state index contributed by atoms with van der Waals surface area (Å²) in [5, 5.41) is 12.5. The molecular formula is C15H28N2O2. The summed E-state index contributed by atoms with van der Waals surface area (Å²) < 4.78 is 0. The van der Waals surface area contributed by atoms with Gasteiger partial charge in [-0.25, -0.2) is 0 Å². The lowest BCUT2D eigenvalue weighted by Gasteiger charge is -2.32. The van der Waals surface area contributed by atoms with E-state index in [2.05, 4.69) is 10.2 Å². The minimum absolute atomic E-state index is 0.216. The molecule has 2 N–H and O–H groups in total. The first-order chi connectivity index (χ1) is 9.08. The van der Waals surface area contributed by atoms with Gasteiger partial charge in [-0.2, -0.15) is 0 Å². The van der Waals surface area contributed by atoms with Gasteiger partial charge in [0, 0.05) is 18.6 Å². The lowest BCUT2D eigenvalue weighted by atomic mass is 9.96. The van der Waals surface area contributed by atoms with E-state index in [4.69, 9.17) is 0 Å². The Hall–Kier alpha value is -0.610. The fourth-order valence-electron chi connectivity index (χ4n) is 3.79. The lowest BCUT2D eigenvalue weighted by molar-refractivity contribution is -0.140. The average molecular weight is 268 g/mol. The SMILES string of the molecule is CC(C)NC(CN1CCCC1C1CCCC1)C(=O)O. The number of likely N-dealkylation sites (tertiary alicyclic amines) is 1. The number of nitrogens with one attached hydrogen (secondary N) is 1. The maximum absolute atomic E-state index is 11.4. The average Bonchev–Trinajstić information content (AvgIpc) is 2.96. The molecule has 1 saturated carbocycles. The molecule has 1 aliphatic carbocycles. The summed E-state index contributed by atoms with van der Waals surface area (Å²) in [4.78, 5) is 13.8.